The molecule has 0 aromatic heterocycles. The number of benzene rings is 1. The first-order valence-corrected chi connectivity index (χ1v) is 15.3. The fourth-order valence-electron chi connectivity index (χ4n) is 4.85. The van der Waals surface area contributed by atoms with Gasteiger partial charge in [0.05, 0.1) is 0 Å². The van der Waals surface area contributed by atoms with Crippen molar-refractivity contribution in [1.82, 2.24) is 4.90 Å². The second-order valence-electron chi connectivity index (χ2n) is 9.04. The summed E-state index contributed by atoms with van der Waals surface area (Å²) in [7, 11) is 3.69. The monoisotopic (exact) mass is 505 g/mol. The van der Waals surface area contributed by atoms with Crippen LogP contribution in [0, 0.1) is 0 Å². The van der Waals surface area contributed by atoms with Gasteiger partial charge in [-0.25, -0.2) is 0 Å². The van der Waals surface area contributed by atoms with Crippen molar-refractivity contribution in [3.05, 3.63) is 35.9 Å². The van der Waals surface area contributed by atoms with E-state index in [1.54, 1.807) is 0 Å². The summed E-state index contributed by atoms with van der Waals surface area (Å²) in [5, 5.41) is 0. The van der Waals surface area contributed by atoms with Crippen LogP contribution in [0.3, 0.4) is 0 Å². The van der Waals surface area contributed by atoms with Crippen LogP contribution in [-0.4, -0.2) is 74.8 Å². The maximum atomic E-state index is 5.80. The molecule has 2 rings (SSSR count). The molecule has 0 amide bonds. The van der Waals surface area contributed by atoms with Crippen molar-refractivity contribution < 1.29 is 9.47 Å². The van der Waals surface area contributed by atoms with Crippen LogP contribution in [-0.2, 0) is 15.9 Å². The predicted molar refractivity (Wildman–Crippen MR) is 127 cm³/mol. The molecule has 1 fully saturated rings. The number of hydrogen-bond donors (Lipinski definition) is 0. The Morgan fingerprint density at radius 1 is 0.862 bits per heavy atom. The van der Waals surface area contributed by atoms with E-state index in [0.29, 0.717) is 24.4 Å². The predicted octanol–water partition coefficient (Wildman–Crippen LogP) is 4.90. The van der Waals surface area contributed by atoms with Gasteiger partial charge in [0.15, 0.2) is 0 Å². The minimum absolute atomic E-state index is 0.256. The Balaban J connectivity index is 1.84. The van der Waals surface area contributed by atoms with Crippen LogP contribution in [0.25, 0.3) is 0 Å². The average Bonchev–Trinajstić information content (AvgIpc) is 2.77. The van der Waals surface area contributed by atoms with Crippen LogP contribution >= 0.6 is 0 Å². The summed E-state index contributed by atoms with van der Waals surface area (Å²) in [6.07, 6.45) is 13.4. The molecule has 0 spiro atoms. The van der Waals surface area contributed by atoms with Crippen LogP contribution < -0.4 is 0 Å². The van der Waals surface area contributed by atoms with Gasteiger partial charge in [0.1, 0.15) is 0 Å². The molecule has 0 saturated carbocycles. The molecule has 1 aromatic rings. The van der Waals surface area contributed by atoms with Crippen molar-refractivity contribution in [1.29, 1.82) is 0 Å². The summed E-state index contributed by atoms with van der Waals surface area (Å²) in [4.78, 5) is 2.79. The van der Waals surface area contributed by atoms with E-state index in [0.717, 1.165) is 29.0 Å². The second kappa shape index (κ2) is 14.9. The van der Waals surface area contributed by atoms with Crippen molar-refractivity contribution in [2.75, 3.05) is 27.3 Å². The zero-order valence-electron chi connectivity index (χ0n) is 19.4. The van der Waals surface area contributed by atoms with Gasteiger partial charge in [0.25, 0.3) is 0 Å². The molecule has 29 heavy (non-hydrogen) atoms. The SMILES string of the molecule is CCCC(OC)C(CC[CH]([InH2])CCC(Cc1ccccc1)N1CCCCC1)OC. The fourth-order valence-corrected chi connectivity index (χ4v) is 6.75. The Hall–Kier alpha value is -0.0299. The zero-order chi connectivity index (χ0) is 20.9. The fraction of sp³-hybridized carbons (Fsp3) is 0.760. The molecule has 1 saturated heterocycles. The summed E-state index contributed by atoms with van der Waals surface area (Å²) in [5.41, 5.74) is 1.50. The molecule has 4 atom stereocenters. The van der Waals surface area contributed by atoms with E-state index in [1.807, 2.05) is 14.2 Å². The Kier molecular flexibility index (Phi) is 13.0. The molecule has 164 valence electrons. The quantitative estimate of drug-likeness (QED) is 0.359. The molecular weight excluding hydrogens is 461 g/mol. The summed E-state index contributed by atoms with van der Waals surface area (Å²) in [6.45, 7) is 4.83. The van der Waals surface area contributed by atoms with Crippen LogP contribution in [0.5, 0.6) is 0 Å². The van der Waals surface area contributed by atoms with Gasteiger partial charge >= 0.3 is 195 Å². The summed E-state index contributed by atoms with van der Waals surface area (Å²) in [5.74, 6) is 0. The zero-order valence-corrected chi connectivity index (χ0v) is 25.2. The third-order valence-corrected chi connectivity index (χ3v) is 10.0. The van der Waals surface area contributed by atoms with Crippen molar-refractivity contribution in [3.63, 3.8) is 0 Å². The molecule has 0 N–H and O–H groups in total. The van der Waals surface area contributed by atoms with Gasteiger partial charge in [-0.1, -0.05) is 0 Å². The van der Waals surface area contributed by atoms with Crippen molar-refractivity contribution in [2.45, 2.75) is 93.1 Å². The van der Waals surface area contributed by atoms with E-state index in [9.17, 15) is 0 Å². The Morgan fingerprint density at radius 3 is 2.10 bits per heavy atom. The van der Waals surface area contributed by atoms with E-state index in [1.165, 1.54) is 63.6 Å². The Morgan fingerprint density at radius 2 is 1.48 bits per heavy atom. The molecule has 0 bridgehead atoms. The average molecular weight is 505 g/mol. The molecule has 4 unspecified atom stereocenters. The first-order chi connectivity index (χ1) is 14.2. The molecule has 3 nitrogen and oxygen atoms in total. The van der Waals surface area contributed by atoms with Crippen LogP contribution in [0.15, 0.2) is 30.3 Å². The van der Waals surface area contributed by atoms with Gasteiger partial charge in [0.2, 0.25) is 0 Å². The topological polar surface area (TPSA) is 21.7 Å². The molecular formula is C25H44InNO2. The van der Waals surface area contributed by atoms with Crippen molar-refractivity contribution >= 4 is 24.4 Å². The number of methoxy groups -OCH3 is 2. The van der Waals surface area contributed by atoms with Crippen LogP contribution in [0.1, 0.15) is 70.3 Å². The van der Waals surface area contributed by atoms with Gasteiger partial charge in [-0.05, 0) is 0 Å². The van der Waals surface area contributed by atoms with E-state index < -0.39 is 0 Å². The summed E-state index contributed by atoms with van der Waals surface area (Å²) >= 11 is 0.687. The molecule has 1 aromatic carbocycles. The summed E-state index contributed by atoms with van der Waals surface area (Å²) < 4.78 is 12.4. The Bertz CT molecular complexity index is 521. The molecule has 1 heterocycles. The number of ether oxygens (including phenoxy) is 2. The van der Waals surface area contributed by atoms with E-state index in [4.69, 9.17) is 9.47 Å². The van der Waals surface area contributed by atoms with Crippen LogP contribution in [0.4, 0.5) is 0 Å². The van der Waals surface area contributed by atoms with Crippen molar-refractivity contribution in [2.24, 2.45) is 0 Å². The first-order valence-electron chi connectivity index (χ1n) is 12.0. The van der Waals surface area contributed by atoms with Crippen molar-refractivity contribution in [3.8, 4) is 0 Å². The first kappa shape index (κ1) is 25.2. The molecule has 1 aliphatic heterocycles. The number of hydrogen-bond acceptors (Lipinski definition) is 3. The van der Waals surface area contributed by atoms with E-state index in [2.05, 4.69) is 42.2 Å². The minimum atomic E-state index is 0.256. The maximum absolute atomic E-state index is 5.80. The van der Waals surface area contributed by atoms with Gasteiger partial charge in [0, 0.05) is 0 Å². The van der Waals surface area contributed by atoms with Gasteiger partial charge in [-0.3, -0.25) is 0 Å². The van der Waals surface area contributed by atoms with E-state index in [-0.39, 0.29) is 12.2 Å². The van der Waals surface area contributed by atoms with Gasteiger partial charge in [-0.15, -0.1) is 0 Å². The van der Waals surface area contributed by atoms with Gasteiger partial charge in [-0.2, -0.15) is 0 Å². The molecule has 1 aliphatic rings. The Labute approximate surface area is 194 Å². The molecule has 0 radical (unpaired) electrons. The molecule has 0 aliphatic carbocycles. The number of piperidine rings is 1. The van der Waals surface area contributed by atoms with Crippen LogP contribution in [0.2, 0.25) is 3.67 Å². The number of likely N-dealkylation sites (tertiary alicyclic amines) is 1. The third kappa shape index (κ3) is 9.33. The summed E-state index contributed by atoms with van der Waals surface area (Å²) in [6, 6.07) is 11.8. The number of nitrogens with zero attached hydrogens (tertiary/aromatic N) is 1. The normalized spacial score (nSPS) is 19.6. The second-order valence-corrected chi connectivity index (χ2v) is 13.7. The van der Waals surface area contributed by atoms with E-state index >= 15 is 0 Å². The van der Waals surface area contributed by atoms with Gasteiger partial charge < -0.3 is 0 Å². The standard InChI is InChI=1S/C25H42NO2.In.2H/c1-4-14-24(27-2)25(28-3)18-11-6-10-17-23(26-19-12-7-13-20-26)21-22-15-8-5-9-16-22;;;/h5-6,8-9,15-16,23-25H,4,7,10-14,17-21H2,1-3H3;;;. The third-order valence-electron chi connectivity index (χ3n) is 6.75. The molecule has 4 heteroatoms. The number of rotatable bonds is 14.